The lowest BCUT2D eigenvalue weighted by Gasteiger charge is -2.09. The number of hydrogen-bond acceptors (Lipinski definition) is 5. The summed E-state index contributed by atoms with van der Waals surface area (Å²) in [5.74, 6) is -4.91. The number of carboxylic acids is 1. The first-order valence-electron chi connectivity index (χ1n) is 5.07. The first-order chi connectivity index (χ1) is 8.93. The summed E-state index contributed by atoms with van der Waals surface area (Å²) in [5.41, 5.74) is 0. The zero-order valence-corrected chi connectivity index (χ0v) is 10.3. The van der Waals surface area contributed by atoms with Crippen molar-refractivity contribution < 1.29 is 33.0 Å². The number of aliphatic carboxylic acids is 1. The molecule has 1 aromatic heterocycles. The average Bonchev–Trinajstić information content (AvgIpc) is 2.81. The van der Waals surface area contributed by atoms with Crippen molar-refractivity contribution in [2.75, 3.05) is 6.61 Å². The summed E-state index contributed by atoms with van der Waals surface area (Å²) >= 11 is 0.340. The van der Waals surface area contributed by atoms with Crippen LogP contribution in [0.4, 0.5) is 8.78 Å². The Bertz CT molecular complexity index is 451. The van der Waals surface area contributed by atoms with Crippen molar-refractivity contribution in [1.82, 2.24) is 5.32 Å². The maximum absolute atomic E-state index is 11.9. The summed E-state index contributed by atoms with van der Waals surface area (Å²) < 4.78 is 28.9. The van der Waals surface area contributed by atoms with E-state index in [4.69, 9.17) is 14.6 Å². The fourth-order valence-electron chi connectivity index (χ4n) is 1.14. The van der Waals surface area contributed by atoms with Gasteiger partial charge in [-0.15, -0.1) is 0 Å². The van der Waals surface area contributed by atoms with Gasteiger partial charge >= 0.3 is 5.97 Å². The first-order valence-corrected chi connectivity index (χ1v) is 6.12. The number of thioether (sulfide) groups is 1. The predicted molar refractivity (Wildman–Crippen MR) is 62.0 cm³/mol. The molecule has 0 bridgehead atoms. The number of halogens is 2. The maximum Gasteiger partial charge on any atom is 0.328 e. The Kier molecular flexibility index (Phi) is 5.77. The van der Waals surface area contributed by atoms with Crippen molar-refractivity contribution in [2.24, 2.45) is 0 Å². The normalized spacial score (nSPS) is 12.4. The molecule has 0 saturated carbocycles. The molecule has 19 heavy (non-hydrogen) atoms. The van der Waals surface area contributed by atoms with Gasteiger partial charge in [-0.25, -0.2) is 4.79 Å². The zero-order valence-electron chi connectivity index (χ0n) is 9.51. The third kappa shape index (κ3) is 4.87. The second kappa shape index (κ2) is 7.10. The topological polar surface area (TPSA) is 99.8 Å². The second-order valence-electron chi connectivity index (χ2n) is 3.38. The Labute approximate surface area is 110 Å². The monoisotopic (exact) mass is 295 g/mol. The van der Waals surface area contributed by atoms with Crippen LogP contribution in [0, 0.1) is 0 Å². The van der Waals surface area contributed by atoms with Gasteiger partial charge in [0.15, 0.2) is 11.8 Å². The van der Waals surface area contributed by atoms with Crippen LogP contribution in [-0.4, -0.2) is 40.5 Å². The predicted octanol–water partition coefficient (Wildman–Crippen LogP) is 0.911. The van der Waals surface area contributed by atoms with E-state index in [0.717, 1.165) is 0 Å². The van der Waals surface area contributed by atoms with Gasteiger partial charge < -0.3 is 19.9 Å². The summed E-state index contributed by atoms with van der Waals surface area (Å²) in [4.78, 5) is 22.1. The van der Waals surface area contributed by atoms with Crippen molar-refractivity contribution in [3.05, 3.63) is 23.7 Å². The number of furan rings is 1. The summed E-state index contributed by atoms with van der Waals surface area (Å²) in [6.45, 7) is -0.768. The Morgan fingerprint density at radius 1 is 1.42 bits per heavy atom. The van der Waals surface area contributed by atoms with Gasteiger partial charge in [0.05, 0.1) is 12.4 Å². The quantitative estimate of drug-likeness (QED) is 0.691. The molecule has 6 nitrogen and oxygen atoms in total. The molecule has 1 amide bonds. The highest BCUT2D eigenvalue weighted by molar-refractivity contribution is 7.98. The van der Waals surface area contributed by atoms with Gasteiger partial charge in [-0.1, -0.05) is 11.8 Å². The highest BCUT2D eigenvalue weighted by atomic mass is 32.2. The molecule has 1 rings (SSSR count). The Hall–Kier alpha value is -1.61. The van der Waals surface area contributed by atoms with E-state index in [1.165, 1.54) is 12.1 Å². The average molecular weight is 295 g/mol. The lowest BCUT2D eigenvalue weighted by molar-refractivity contribution is -0.140. The first kappa shape index (κ1) is 15.4. The molecule has 0 aromatic carbocycles. The minimum absolute atomic E-state index is 0.104. The van der Waals surface area contributed by atoms with Gasteiger partial charge in [-0.3, -0.25) is 4.79 Å². The number of alkyl halides is 2. The number of rotatable bonds is 7. The van der Waals surface area contributed by atoms with E-state index in [9.17, 15) is 18.4 Å². The van der Waals surface area contributed by atoms with E-state index >= 15 is 0 Å². The number of carbonyl (C=O) groups excluding carboxylic acids is 1. The highest BCUT2D eigenvalue weighted by Crippen LogP contribution is 2.21. The molecule has 0 aliphatic heterocycles. The Morgan fingerprint density at radius 3 is 2.63 bits per heavy atom. The molecular formula is C10H11F2NO5S. The third-order valence-corrected chi connectivity index (χ3v) is 2.73. The van der Waals surface area contributed by atoms with Crippen LogP contribution in [0.1, 0.15) is 16.3 Å². The number of hydrogen-bond donors (Lipinski definition) is 3. The molecule has 0 aliphatic rings. The molecule has 9 heteroatoms. The standard InChI is InChI=1S/C10H11F2NO5S/c11-10(12)19-4-5-1-2-7(18-5)8(15)13-6(3-14)9(16)17/h1-2,6,10,14H,3-4H2,(H,13,15)(H,16,17)/t6-/m0/s1. The van der Waals surface area contributed by atoms with Crippen LogP contribution in [0.5, 0.6) is 0 Å². The van der Waals surface area contributed by atoms with Gasteiger partial charge in [0, 0.05) is 0 Å². The van der Waals surface area contributed by atoms with Gasteiger partial charge in [-0.05, 0) is 12.1 Å². The van der Waals surface area contributed by atoms with E-state index in [2.05, 4.69) is 0 Å². The number of carbonyl (C=O) groups is 2. The minimum atomic E-state index is -2.55. The Balaban J connectivity index is 2.60. The lowest BCUT2D eigenvalue weighted by atomic mass is 10.3. The number of amides is 1. The fraction of sp³-hybridized carbons (Fsp3) is 0.400. The maximum atomic E-state index is 11.9. The molecular weight excluding hydrogens is 284 g/mol. The van der Waals surface area contributed by atoms with Crippen LogP contribution >= 0.6 is 11.8 Å². The van der Waals surface area contributed by atoms with Gasteiger partial charge in [0.25, 0.3) is 11.7 Å². The Morgan fingerprint density at radius 2 is 2.11 bits per heavy atom. The second-order valence-corrected chi connectivity index (χ2v) is 4.36. The highest BCUT2D eigenvalue weighted by Gasteiger charge is 2.21. The van der Waals surface area contributed by atoms with E-state index in [1.807, 2.05) is 5.32 Å². The molecule has 0 fully saturated rings. The SMILES string of the molecule is O=C(N[C@@H](CO)C(=O)O)c1ccc(CSC(F)F)o1. The van der Waals surface area contributed by atoms with Crippen molar-refractivity contribution >= 4 is 23.6 Å². The van der Waals surface area contributed by atoms with E-state index in [-0.39, 0.29) is 17.3 Å². The van der Waals surface area contributed by atoms with Crippen LogP contribution in [0.25, 0.3) is 0 Å². The van der Waals surface area contributed by atoms with Crippen LogP contribution in [0.3, 0.4) is 0 Å². The van der Waals surface area contributed by atoms with E-state index in [0.29, 0.717) is 11.8 Å². The molecule has 0 unspecified atom stereocenters. The largest absolute Gasteiger partial charge is 0.480 e. The van der Waals surface area contributed by atoms with E-state index < -0.39 is 30.3 Å². The van der Waals surface area contributed by atoms with Crippen LogP contribution < -0.4 is 5.32 Å². The van der Waals surface area contributed by atoms with Crippen molar-refractivity contribution in [3.8, 4) is 0 Å². The molecule has 1 heterocycles. The van der Waals surface area contributed by atoms with Crippen LogP contribution in [0.2, 0.25) is 0 Å². The van der Waals surface area contributed by atoms with Gasteiger partial charge in [0.2, 0.25) is 0 Å². The molecule has 1 aromatic rings. The van der Waals surface area contributed by atoms with Crippen molar-refractivity contribution in [1.29, 1.82) is 0 Å². The van der Waals surface area contributed by atoms with E-state index in [1.54, 1.807) is 0 Å². The summed E-state index contributed by atoms with van der Waals surface area (Å²) in [6.07, 6.45) is 0. The summed E-state index contributed by atoms with van der Waals surface area (Å²) in [7, 11) is 0. The summed E-state index contributed by atoms with van der Waals surface area (Å²) in [5, 5.41) is 19.4. The fourth-order valence-corrected chi connectivity index (χ4v) is 1.58. The summed E-state index contributed by atoms with van der Waals surface area (Å²) in [6, 6.07) is 1.14. The number of aliphatic hydroxyl groups is 1. The number of aliphatic hydroxyl groups excluding tert-OH is 1. The van der Waals surface area contributed by atoms with Crippen LogP contribution in [-0.2, 0) is 10.5 Å². The third-order valence-electron chi connectivity index (χ3n) is 2.02. The minimum Gasteiger partial charge on any atom is -0.480 e. The lowest BCUT2D eigenvalue weighted by Crippen LogP contribution is -2.43. The molecule has 1 atom stereocenters. The molecule has 0 saturated heterocycles. The molecule has 106 valence electrons. The zero-order chi connectivity index (χ0) is 14.4. The van der Waals surface area contributed by atoms with Gasteiger partial charge in [-0.2, -0.15) is 8.78 Å². The van der Waals surface area contributed by atoms with Crippen molar-refractivity contribution in [2.45, 2.75) is 17.6 Å². The smallest absolute Gasteiger partial charge is 0.328 e. The molecule has 0 spiro atoms. The van der Waals surface area contributed by atoms with Crippen molar-refractivity contribution in [3.63, 3.8) is 0 Å². The molecule has 3 N–H and O–H groups in total. The molecule has 0 aliphatic carbocycles. The molecule has 0 radical (unpaired) electrons. The number of carboxylic acid groups (broad SMARTS) is 1. The van der Waals surface area contributed by atoms with Gasteiger partial charge in [0.1, 0.15) is 5.76 Å². The number of nitrogens with one attached hydrogen (secondary N) is 1. The van der Waals surface area contributed by atoms with Crippen LogP contribution in [0.15, 0.2) is 16.5 Å².